The maximum absolute atomic E-state index is 13.0. The van der Waals surface area contributed by atoms with Crippen molar-refractivity contribution in [3.05, 3.63) is 47.8 Å². The predicted octanol–water partition coefficient (Wildman–Crippen LogP) is 2.45. The van der Waals surface area contributed by atoms with Crippen molar-refractivity contribution in [1.82, 2.24) is 9.55 Å². The fraction of sp³-hybridized carbons (Fsp3) is 0.250. The molecular weight excluding hydrogens is 207 g/mol. The molecule has 84 valence electrons. The Bertz CT molecular complexity index is 494. The van der Waals surface area contributed by atoms with E-state index in [9.17, 15) is 4.39 Å². The number of benzene rings is 1. The SMILES string of the molecule is Cc1cc(OCc2nccn2C)ccc1F. The summed E-state index contributed by atoms with van der Waals surface area (Å²) >= 11 is 0. The predicted molar refractivity (Wildman–Crippen MR) is 58.7 cm³/mol. The molecular formula is C12H13FN2O. The van der Waals surface area contributed by atoms with Gasteiger partial charge >= 0.3 is 0 Å². The summed E-state index contributed by atoms with van der Waals surface area (Å²) in [5.74, 6) is 1.27. The summed E-state index contributed by atoms with van der Waals surface area (Å²) in [5, 5.41) is 0. The number of aryl methyl sites for hydroxylation is 2. The van der Waals surface area contributed by atoms with Crippen LogP contribution in [0.1, 0.15) is 11.4 Å². The zero-order chi connectivity index (χ0) is 11.5. The molecule has 1 aromatic heterocycles. The van der Waals surface area contributed by atoms with E-state index in [0.29, 0.717) is 17.9 Å². The average molecular weight is 220 g/mol. The summed E-state index contributed by atoms with van der Waals surface area (Å²) in [4.78, 5) is 4.13. The van der Waals surface area contributed by atoms with Gasteiger partial charge in [-0.15, -0.1) is 0 Å². The lowest BCUT2D eigenvalue weighted by Gasteiger charge is -2.07. The van der Waals surface area contributed by atoms with Crippen LogP contribution in [0.15, 0.2) is 30.6 Å². The highest BCUT2D eigenvalue weighted by molar-refractivity contribution is 5.28. The molecule has 0 bridgehead atoms. The fourth-order valence-electron chi connectivity index (χ4n) is 1.39. The van der Waals surface area contributed by atoms with Crippen molar-refractivity contribution < 1.29 is 9.13 Å². The maximum atomic E-state index is 13.0. The standard InChI is InChI=1S/C12H13FN2O/c1-9-7-10(3-4-11(9)13)16-8-12-14-5-6-15(12)2/h3-7H,8H2,1-2H3. The van der Waals surface area contributed by atoms with Crippen LogP contribution in [0.5, 0.6) is 5.75 Å². The molecule has 16 heavy (non-hydrogen) atoms. The summed E-state index contributed by atoms with van der Waals surface area (Å²) in [6, 6.07) is 4.70. The Hall–Kier alpha value is -1.84. The lowest BCUT2D eigenvalue weighted by molar-refractivity contribution is 0.291. The van der Waals surface area contributed by atoms with Gasteiger partial charge in [0.1, 0.15) is 24.0 Å². The highest BCUT2D eigenvalue weighted by Crippen LogP contribution is 2.16. The molecule has 0 N–H and O–H groups in total. The second-order valence-electron chi connectivity index (χ2n) is 3.65. The van der Waals surface area contributed by atoms with Crippen LogP contribution in [-0.2, 0) is 13.7 Å². The van der Waals surface area contributed by atoms with E-state index in [4.69, 9.17) is 4.74 Å². The van der Waals surface area contributed by atoms with E-state index in [-0.39, 0.29) is 5.82 Å². The first-order valence-corrected chi connectivity index (χ1v) is 5.02. The van der Waals surface area contributed by atoms with E-state index in [0.717, 1.165) is 5.82 Å². The van der Waals surface area contributed by atoms with Crippen LogP contribution < -0.4 is 4.74 Å². The zero-order valence-corrected chi connectivity index (χ0v) is 9.27. The number of ether oxygens (including phenoxy) is 1. The Morgan fingerprint density at radius 3 is 2.88 bits per heavy atom. The van der Waals surface area contributed by atoms with Gasteiger partial charge in [-0.05, 0) is 30.7 Å². The fourth-order valence-corrected chi connectivity index (χ4v) is 1.39. The molecule has 3 nitrogen and oxygen atoms in total. The number of hydrogen-bond acceptors (Lipinski definition) is 2. The van der Waals surface area contributed by atoms with E-state index in [1.807, 2.05) is 17.8 Å². The lowest BCUT2D eigenvalue weighted by Crippen LogP contribution is -2.03. The maximum Gasteiger partial charge on any atom is 0.146 e. The molecule has 1 aromatic carbocycles. The summed E-state index contributed by atoms with van der Waals surface area (Å²) in [6.45, 7) is 2.09. The molecule has 0 saturated heterocycles. The van der Waals surface area contributed by atoms with E-state index < -0.39 is 0 Å². The first kappa shape index (κ1) is 10.7. The second-order valence-corrected chi connectivity index (χ2v) is 3.65. The monoisotopic (exact) mass is 220 g/mol. The third kappa shape index (κ3) is 2.21. The molecule has 0 aliphatic rings. The number of aromatic nitrogens is 2. The Balaban J connectivity index is 2.05. The van der Waals surface area contributed by atoms with Crippen LogP contribution >= 0.6 is 0 Å². The van der Waals surface area contributed by atoms with Gasteiger partial charge in [0.05, 0.1) is 0 Å². The minimum Gasteiger partial charge on any atom is -0.486 e. The van der Waals surface area contributed by atoms with Crippen LogP contribution in [-0.4, -0.2) is 9.55 Å². The first-order chi connectivity index (χ1) is 7.66. The summed E-state index contributed by atoms with van der Waals surface area (Å²) < 4.78 is 20.4. The van der Waals surface area contributed by atoms with Crippen molar-refractivity contribution in [3.63, 3.8) is 0 Å². The molecule has 0 spiro atoms. The molecule has 0 aliphatic carbocycles. The molecule has 2 aromatic rings. The number of nitrogens with zero attached hydrogens (tertiary/aromatic N) is 2. The van der Waals surface area contributed by atoms with Crippen molar-refractivity contribution in [1.29, 1.82) is 0 Å². The Morgan fingerprint density at radius 2 is 2.25 bits per heavy atom. The van der Waals surface area contributed by atoms with Crippen molar-refractivity contribution in [2.24, 2.45) is 7.05 Å². The van der Waals surface area contributed by atoms with Gasteiger partial charge in [0, 0.05) is 19.4 Å². The summed E-state index contributed by atoms with van der Waals surface area (Å²) in [5.41, 5.74) is 0.581. The largest absolute Gasteiger partial charge is 0.486 e. The van der Waals surface area contributed by atoms with E-state index in [2.05, 4.69) is 4.98 Å². The lowest BCUT2D eigenvalue weighted by atomic mass is 10.2. The van der Waals surface area contributed by atoms with Crippen molar-refractivity contribution in [3.8, 4) is 5.75 Å². The smallest absolute Gasteiger partial charge is 0.146 e. The van der Waals surface area contributed by atoms with Gasteiger partial charge in [0.15, 0.2) is 0 Å². The van der Waals surface area contributed by atoms with E-state index >= 15 is 0 Å². The van der Waals surface area contributed by atoms with Gasteiger partial charge < -0.3 is 9.30 Å². The first-order valence-electron chi connectivity index (χ1n) is 5.02. The molecule has 0 unspecified atom stereocenters. The molecule has 0 fully saturated rings. The topological polar surface area (TPSA) is 27.1 Å². The Labute approximate surface area is 93.5 Å². The summed E-state index contributed by atoms with van der Waals surface area (Å²) in [6.07, 6.45) is 3.57. The quantitative estimate of drug-likeness (QED) is 0.794. The van der Waals surface area contributed by atoms with E-state index in [1.165, 1.54) is 6.07 Å². The molecule has 0 radical (unpaired) electrons. The number of halogens is 1. The third-order valence-corrected chi connectivity index (χ3v) is 2.42. The van der Waals surface area contributed by atoms with Crippen LogP contribution in [0.25, 0.3) is 0 Å². The van der Waals surface area contributed by atoms with Crippen molar-refractivity contribution >= 4 is 0 Å². The van der Waals surface area contributed by atoms with Gasteiger partial charge in [-0.3, -0.25) is 0 Å². The highest BCUT2D eigenvalue weighted by atomic mass is 19.1. The Kier molecular flexibility index (Phi) is 2.90. The van der Waals surface area contributed by atoms with Crippen molar-refractivity contribution in [2.45, 2.75) is 13.5 Å². The van der Waals surface area contributed by atoms with Crippen LogP contribution in [0.4, 0.5) is 4.39 Å². The molecule has 4 heteroatoms. The molecule has 1 heterocycles. The average Bonchev–Trinajstić information content (AvgIpc) is 2.66. The third-order valence-electron chi connectivity index (χ3n) is 2.42. The zero-order valence-electron chi connectivity index (χ0n) is 9.27. The summed E-state index contributed by atoms with van der Waals surface area (Å²) in [7, 11) is 1.90. The minimum atomic E-state index is -0.218. The normalized spacial score (nSPS) is 10.4. The van der Waals surface area contributed by atoms with Gasteiger partial charge in [0.2, 0.25) is 0 Å². The van der Waals surface area contributed by atoms with Crippen LogP contribution in [0, 0.1) is 12.7 Å². The van der Waals surface area contributed by atoms with Gasteiger partial charge in [-0.1, -0.05) is 0 Å². The molecule has 0 amide bonds. The molecule has 0 aliphatic heterocycles. The van der Waals surface area contributed by atoms with Crippen LogP contribution in [0.2, 0.25) is 0 Å². The van der Waals surface area contributed by atoms with Gasteiger partial charge in [0.25, 0.3) is 0 Å². The second kappa shape index (κ2) is 4.35. The Morgan fingerprint density at radius 1 is 1.44 bits per heavy atom. The minimum absolute atomic E-state index is 0.218. The van der Waals surface area contributed by atoms with Gasteiger partial charge in [-0.25, -0.2) is 9.37 Å². The van der Waals surface area contributed by atoms with Gasteiger partial charge in [-0.2, -0.15) is 0 Å². The van der Waals surface area contributed by atoms with E-state index in [1.54, 1.807) is 25.3 Å². The van der Waals surface area contributed by atoms with Crippen molar-refractivity contribution in [2.75, 3.05) is 0 Å². The molecule has 0 atom stereocenters. The number of hydrogen-bond donors (Lipinski definition) is 0. The highest BCUT2D eigenvalue weighted by Gasteiger charge is 2.02. The van der Waals surface area contributed by atoms with Crippen LogP contribution in [0.3, 0.4) is 0 Å². The number of rotatable bonds is 3. The molecule has 0 saturated carbocycles. The number of imidazole rings is 1. The molecule has 2 rings (SSSR count).